The molecule has 0 amide bonds. The first-order chi connectivity index (χ1) is 7.67. The summed E-state index contributed by atoms with van der Waals surface area (Å²) < 4.78 is 0. The van der Waals surface area contributed by atoms with Crippen molar-refractivity contribution < 1.29 is 0 Å². The van der Waals surface area contributed by atoms with Gasteiger partial charge in [-0.15, -0.1) is 11.6 Å². The van der Waals surface area contributed by atoms with E-state index in [0.717, 1.165) is 31.0 Å². The first-order valence-electron chi connectivity index (χ1n) is 5.85. The van der Waals surface area contributed by atoms with Crippen LogP contribution in [-0.2, 0) is 0 Å². The van der Waals surface area contributed by atoms with Crippen molar-refractivity contribution in [1.29, 1.82) is 0 Å². The van der Waals surface area contributed by atoms with Gasteiger partial charge < -0.3 is 5.32 Å². The third-order valence-electron chi connectivity index (χ3n) is 2.81. The Hall–Kier alpha value is -0.830. The first kappa shape index (κ1) is 13.2. The van der Waals surface area contributed by atoms with Crippen LogP contribution < -0.4 is 5.32 Å². The van der Waals surface area contributed by atoms with Gasteiger partial charge in [-0.1, -0.05) is 26.7 Å². The predicted octanol–water partition coefficient (Wildman–Crippen LogP) is 3.24. The van der Waals surface area contributed by atoms with Crippen LogP contribution in [0.15, 0.2) is 12.3 Å². The van der Waals surface area contributed by atoms with E-state index in [0.29, 0.717) is 5.92 Å². The van der Waals surface area contributed by atoms with Crippen molar-refractivity contribution in [3.05, 3.63) is 18.1 Å². The smallest absolute Gasteiger partial charge is 0.129 e. The van der Waals surface area contributed by atoms with Crippen molar-refractivity contribution in [1.82, 2.24) is 9.97 Å². The maximum atomic E-state index is 6.33. The molecule has 1 rings (SSSR count). The number of halogens is 1. The molecule has 1 heterocycles. The SMILES string of the molecule is CCC(CC)C(Cl)CNc1ccnc(C)n1. The van der Waals surface area contributed by atoms with E-state index in [1.165, 1.54) is 0 Å². The van der Waals surface area contributed by atoms with Gasteiger partial charge in [-0.2, -0.15) is 0 Å². The van der Waals surface area contributed by atoms with Crippen molar-refractivity contribution in [3.8, 4) is 0 Å². The van der Waals surface area contributed by atoms with Gasteiger partial charge in [0.1, 0.15) is 11.6 Å². The maximum Gasteiger partial charge on any atom is 0.129 e. The number of aromatic nitrogens is 2. The Labute approximate surface area is 103 Å². The first-order valence-corrected chi connectivity index (χ1v) is 6.28. The average molecular weight is 242 g/mol. The predicted molar refractivity (Wildman–Crippen MR) is 69.0 cm³/mol. The van der Waals surface area contributed by atoms with E-state index in [-0.39, 0.29) is 5.38 Å². The maximum absolute atomic E-state index is 6.33. The number of nitrogens with one attached hydrogen (secondary N) is 1. The highest BCUT2D eigenvalue weighted by molar-refractivity contribution is 6.21. The van der Waals surface area contributed by atoms with Crippen LogP contribution in [0, 0.1) is 12.8 Å². The lowest BCUT2D eigenvalue weighted by Crippen LogP contribution is -2.23. The normalized spacial score (nSPS) is 12.8. The van der Waals surface area contributed by atoms with E-state index in [1.807, 2.05) is 13.0 Å². The second-order valence-corrected chi connectivity index (χ2v) is 4.52. The van der Waals surface area contributed by atoms with E-state index < -0.39 is 0 Å². The highest BCUT2D eigenvalue weighted by atomic mass is 35.5. The molecule has 4 heteroatoms. The van der Waals surface area contributed by atoms with Crippen LogP contribution in [0.3, 0.4) is 0 Å². The molecule has 1 aromatic rings. The van der Waals surface area contributed by atoms with Gasteiger partial charge in [0.15, 0.2) is 0 Å². The fraction of sp³-hybridized carbons (Fsp3) is 0.667. The van der Waals surface area contributed by atoms with Crippen molar-refractivity contribution in [3.63, 3.8) is 0 Å². The molecule has 1 unspecified atom stereocenters. The van der Waals surface area contributed by atoms with Crippen molar-refractivity contribution in [2.45, 2.75) is 39.0 Å². The van der Waals surface area contributed by atoms with Crippen LogP contribution in [0.1, 0.15) is 32.5 Å². The standard InChI is InChI=1S/C12H20ClN3/c1-4-10(5-2)11(13)8-15-12-6-7-14-9(3)16-12/h6-7,10-11H,4-5,8H2,1-3H3,(H,14,15,16). The van der Waals surface area contributed by atoms with Gasteiger partial charge in [-0.3, -0.25) is 0 Å². The summed E-state index contributed by atoms with van der Waals surface area (Å²) in [5, 5.41) is 3.41. The number of aryl methyl sites for hydroxylation is 1. The topological polar surface area (TPSA) is 37.8 Å². The van der Waals surface area contributed by atoms with Gasteiger partial charge in [0, 0.05) is 12.7 Å². The lowest BCUT2D eigenvalue weighted by atomic mass is 9.99. The molecule has 1 aromatic heterocycles. The summed E-state index contributed by atoms with van der Waals surface area (Å²) in [5.74, 6) is 2.19. The van der Waals surface area contributed by atoms with Crippen LogP contribution in [0.2, 0.25) is 0 Å². The fourth-order valence-corrected chi connectivity index (χ4v) is 2.16. The highest BCUT2D eigenvalue weighted by Crippen LogP contribution is 2.18. The lowest BCUT2D eigenvalue weighted by Gasteiger charge is -2.19. The van der Waals surface area contributed by atoms with E-state index in [9.17, 15) is 0 Å². The van der Waals surface area contributed by atoms with Gasteiger partial charge in [0.25, 0.3) is 0 Å². The molecule has 0 aliphatic carbocycles. The summed E-state index contributed by atoms with van der Waals surface area (Å²) in [7, 11) is 0. The van der Waals surface area contributed by atoms with Crippen LogP contribution >= 0.6 is 11.6 Å². The van der Waals surface area contributed by atoms with Gasteiger partial charge in [0.2, 0.25) is 0 Å². The Kier molecular flexibility index (Phi) is 5.53. The second kappa shape index (κ2) is 6.69. The molecule has 0 aromatic carbocycles. The van der Waals surface area contributed by atoms with E-state index in [2.05, 4.69) is 29.1 Å². The summed E-state index contributed by atoms with van der Waals surface area (Å²) in [6.07, 6.45) is 4.00. The summed E-state index contributed by atoms with van der Waals surface area (Å²) in [6, 6.07) is 1.86. The van der Waals surface area contributed by atoms with Gasteiger partial charge in [0.05, 0.1) is 5.38 Å². The Balaban J connectivity index is 2.45. The molecular formula is C12H20ClN3. The van der Waals surface area contributed by atoms with Crippen LogP contribution in [0.5, 0.6) is 0 Å². The number of alkyl halides is 1. The third-order valence-corrected chi connectivity index (χ3v) is 3.33. The zero-order chi connectivity index (χ0) is 12.0. The minimum atomic E-state index is 0.158. The zero-order valence-corrected chi connectivity index (χ0v) is 11.0. The zero-order valence-electron chi connectivity index (χ0n) is 10.2. The number of anilines is 1. The molecule has 0 saturated carbocycles. The third kappa shape index (κ3) is 3.97. The number of rotatable bonds is 6. The average Bonchev–Trinajstić information content (AvgIpc) is 2.28. The Morgan fingerprint density at radius 3 is 2.62 bits per heavy atom. The largest absolute Gasteiger partial charge is 0.368 e. The van der Waals surface area contributed by atoms with E-state index >= 15 is 0 Å². The van der Waals surface area contributed by atoms with E-state index in [1.54, 1.807) is 6.20 Å². The molecule has 0 bridgehead atoms. The molecule has 3 nitrogen and oxygen atoms in total. The molecule has 0 radical (unpaired) electrons. The quantitative estimate of drug-likeness (QED) is 0.777. The molecule has 1 atom stereocenters. The van der Waals surface area contributed by atoms with Crippen LogP contribution in [0.4, 0.5) is 5.82 Å². The van der Waals surface area contributed by atoms with Crippen LogP contribution in [-0.4, -0.2) is 21.9 Å². The lowest BCUT2D eigenvalue weighted by molar-refractivity contribution is 0.475. The fourth-order valence-electron chi connectivity index (χ4n) is 1.72. The summed E-state index contributed by atoms with van der Waals surface area (Å²) in [6.45, 7) is 6.99. The van der Waals surface area contributed by atoms with Crippen molar-refractivity contribution in [2.24, 2.45) is 5.92 Å². The minimum absolute atomic E-state index is 0.158. The molecule has 0 spiro atoms. The Bertz CT molecular complexity index is 313. The molecular weight excluding hydrogens is 222 g/mol. The molecule has 16 heavy (non-hydrogen) atoms. The minimum Gasteiger partial charge on any atom is -0.368 e. The van der Waals surface area contributed by atoms with E-state index in [4.69, 9.17) is 11.6 Å². The van der Waals surface area contributed by atoms with Gasteiger partial charge >= 0.3 is 0 Å². The molecule has 1 N–H and O–H groups in total. The molecule has 0 aliphatic rings. The number of hydrogen-bond acceptors (Lipinski definition) is 3. The molecule has 0 fully saturated rings. The van der Waals surface area contributed by atoms with Gasteiger partial charge in [-0.25, -0.2) is 9.97 Å². The Morgan fingerprint density at radius 1 is 1.38 bits per heavy atom. The van der Waals surface area contributed by atoms with Crippen LogP contribution in [0.25, 0.3) is 0 Å². The molecule has 90 valence electrons. The van der Waals surface area contributed by atoms with Gasteiger partial charge in [-0.05, 0) is 18.9 Å². The van der Waals surface area contributed by atoms with Crippen molar-refractivity contribution >= 4 is 17.4 Å². The van der Waals surface area contributed by atoms with Crippen molar-refractivity contribution in [2.75, 3.05) is 11.9 Å². The summed E-state index contributed by atoms with van der Waals surface area (Å²) in [5.41, 5.74) is 0. The molecule has 0 aliphatic heterocycles. The molecule has 0 saturated heterocycles. The summed E-state index contributed by atoms with van der Waals surface area (Å²) >= 11 is 6.33. The highest BCUT2D eigenvalue weighted by Gasteiger charge is 2.15. The second-order valence-electron chi connectivity index (χ2n) is 3.96. The summed E-state index contributed by atoms with van der Waals surface area (Å²) in [4.78, 5) is 8.33. The Morgan fingerprint density at radius 2 is 2.06 bits per heavy atom. The number of hydrogen-bond donors (Lipinski definition) is 1. The monoisotopic (exact) mass is 241 g/mol. The number of nitrogens with zero attached hydrogens (tertiary/aromatic N) is 2.